The monoisotopic (exact) mass is 306 g/mol. The second-order valence-electron chi connectivity index (χ2n) is 5.02. The summed E-state index contributed by atoms with van der Waals surface area (Å²) in [5, 5.41) is 18.1. The Morgan fingerprint density at radius 1 is 1.33 bits per heavy atom. The van der Waals surface area contributed by atoms with Gasteiger partial charge in [-0.2, -0.15) is 5.10 Å². The van der Waals surface area contributed by atoms with Crippen molar-refractivity contribution in [2.24, 2.45) is 11.0 Å². The Balaban J connectivity index is 1.87. The van der Waals surface area contributed by atoms with Gasteiger partial charge in [0.05, 0.1) is 4.92 Å². The normalized spacial score (nSPS) is 15.8. The Labute approximate surface area is 128 Å². The molecule has 2 rings (SSSR count). The minimum atomic E-state index is -0.448. The average Bonchev–Trinajstić information content (AvgIpc) is 2.48. The predicted octanol–water partition coefficient (Wildman–Crippen LogP) is 3.45. The van der Waals surface area contributed by atoms with Crippen LogP contribution in [0.3, 0.4) is 0 Å². The van der Waals surface area contributed by atoms with Crippen LogP contribution in [0.1, 0.15) is 32.1 Å². The zero-order valence-electron chi connectivity index (χ0n) is 11.6. The highest BCUT2D eigenvalue weighted by molar-refractivity contribution is 7.80. The Hall–Kier alpha value is -2.02. The lowest BCUT2D eigenvalue weighted by Crippen LogP contribution is -2.25. The van der Waals surface area contributed by atoms with Gasteiger partial charge in [-0.05, 0) is 37.0 Å². The van der Waals surface area contributed by atoms with Gasteiger partial charge in [0.1, 0.15) is 5.69 Å². The van der Waals surface area contributed by atoms with Gasteiger partial charge in [-0.1, -0.05) is 31.4 Å². The maximum atomic E-state index is 10.9. The number of thiocarbonyl (C=S) groups is 1. The van der Waals surface area contributed by atoms with E-state index in [2.05, 4.69) is 15.8 Å². The van der Waals surface area contributed by atoms with Gasteiger partial charge in [0.25, 0.3) is 5.69 Å². The standard InChI is InChI=1S/C14H18N4O2S/c19-18(20)13-9-5-4-8-12(13)16-14(21)17-15-10-11-6-2-1-3-7-11/h4-5,8-11H,1-3,6-7H2,(H2,16,17,21)/b15-10-. The molecule has 0 spiro atoms. The lowest BCUT2D eigenvalue weighted by atomic mass is 9.90. The van der Waals surface area contributed by atoms with E-state index in [1.807, 2.05) is 6.21 Å². The molecule has 1 aliphatic rings. The van der Waals surface area contributed by atoms with E-state index >= 15 is 0 Å². The van der Waals surface area contributed by atoms with Gasteiger partial charge in [0.2, 0.25) is 0 Å². The predicted molar refractivity (Wildman–Crippen MR) is 87.5 cm³/mol. The van der Waals surface area contributed by atoms with E-state index in [0.29, 0.717) is 11.6 Å². The summed E-state index contributed by atoms with van der Waals surface area (Å²) in [6, 6.07) is 6.36. The van der Waals surface area contributed by atoms with Crippen LogP contribution >= 0.6 is 12.2 Å². The number of para-hydroxylation sites is 2. The molecule has 2 N–H and O–H groups in total. The molecule has 0 radical (unpaired) electrons. The lowest BCUT2D eigenvalue weighted by molar-refractivity contribution is -0.383. The van der Waals surface area contributed by atoms with Crippen LogP contribution in [0.5, 0.6) is 0 Å². The van der Waals surface area contributed by atoms with Gasteiger partial charge < -0.3 is 5.32 Å². The summed E-state index contributed by atoms with van der Waals surface area (Å²) in [6.45, 7) is 0. The van der Waals surface area contributed by atoms with Crippen LogP contribution in [0, 0.1) is 16.0 Å². The fraction of sp³-hybridized carbons (Fsp3) is 0.429. The summed E-state index contributed by atoms with van der Waals surface area (Å²) < 4.78 is 0. The van der Waals surface area contributed by atoms with Crippen molar-refractivity contribution in [1.29, 1.82) is 0 Å². The van der Waals surface area contributed by atoms with Crippen LogP contribution < -0.4 is 10.7 Å². The molecule has 1 fully saturated rings. The van der Waals surface area contributed by atoms with E-state index in [1.165, 1.54) is 25.3 Å². The Bertz CT molecular complexity index is 542. The minimum Gasteiger partial charge on any atom is -0.326 e. The first-order chi connectivity index (χ1) is 10.2. The van der Waals surface area contributed by atoms with Gasteiger partial charge in [0.15, 0.2) is 5.11 Å². The minimum absolute atomic E-state index is 0.0158. The number of hydrazone groups is 1. The van der Waals surface area contributed by atoms with Crippen molar-refractivity contribution in [1.82, 2.24) is 5.43 Å². The molecule has 1 aromatic rings. The van der Waals surface area contributed by atoms with Crippen LogP contribution in [0.2, 0.25) is 0 Å². The van der Waals surface area contributed by atoms with E-state index in [0.717, 1.165) is 12.8 Å². The molecule has 112 valence electrons. The van der Waals surface area contributed by atoms with E-state index in [4.69, 9.17) is 12.2 Å². The van der Waals surface area contributed by atoms with E-state index < -0.39 is 4.92 Å². The smallest absolute Gasteiger partial charge is 0.292 e. The number of hydrogen-bond donors (Lipinski definition) is 2. The van der Waals surface area contributed by atoms with Crippen molar-refractivity contribution in [2.45, 2.75) is 32.1 Å². The van der Waals surface area contributed by atoms with E-state index in [9.17, 15) is 10.1 Å². The third-order valence-electron chi connectivity index (χ3n) is 3.45. The van der Waals surface area contributed by atoms with Crippen molar-refractivity contribution < 1.29 is 4.92 Å². The number of benzene rings is 1. The molecule has 0 bridgehead atoms. The van der Waals surface area contributed by atoms with Gasteiger partial charge in [-0.3, -0.25) is 15.5 Å². The summed E-state index contributed by atoms with van der Waals surface area (Å²) in [5.41, 5.74) is 3.05. The quantitative estimate of drug-likeness (QED) is 0.385. The first kappa shape index (κ1) is 15.4. The molecule has 1 aliphatic carbocycles. The van der Waals surface area contributed by atoms with Crippen LogP contribution in [-0.2, 0) is 0 Å². The van der Waals surface area contributed by atoms with Gasteiger partial charge >= 0.3 is 0 Å². The molecule has 21 heavy (non-hydrogen) atoms. The van der Waals surface area contributed by atoms with Crippen LogP contribution in [0.4, 0.5) is 11.4 Å². The van der Waals surface area contributed by atoms with Crippen molar-refractivity contribution in [3.05, 3.63) is 34.4 Å². The van der Waals surface area contributed by atoms with Crippen LogP contribution in [0.15, 0.2) is 29.4 Å². The molecule has 0 unspecified atom stereocenters. The van der Waals surface area contributed by atoms with Crippen molar-refractivity contribution >= 4 is 34.9 Å². The molecule has 6 nitrogen and oxygen atoms in total. The molecule has 0 atom stereocenters. The third-order valence-corrected chi connectivity index (χ3v) is 3.64. The third kappa shape index (κ3) is 4.78. The number of anilines is 1. The summed E-state index contributed by atoms with van der Waals surface area (Å²) in [5.74, 6) is 0.500. The Morgan fingerprint density at radius 2 is 2.05 bits per heavy atom. The Morgan fingerprint density at radius 3 is 2.76 bits per heavy atom. The van der Waals surface area contributed by atoms with Gasteiger partial charge in [-0.15, -0.1) is 0 Å². The highest BCUT2D eigenvalue weighted by atomic mass is 32.1. The molecule has 0 saturated heterocycles. The first-order valence-electron chi connectivity index (χ1n) is 7.00. The van der Waals surface area contributed by atoms with E-state index in [-0.39, 0.29) is 10.8 Å². The maximum absolute atomic E-state index is 10.9. The SMILES string of the molecule is O=[N+]([O-])c1ccccc1NC(=S)N/N=C\C1CCCCC1. The molecular weight excluding hydrogens is 288 g/mol. The first-order valence-corrected chi connectivity index (χ1v) is 7.41. The van der Waals surface area contributed by atoms with Crippen LogP contribution in [-0.4, -0.2) is 16.3 Å². The van der Waals surface area contributed by atoms with Crippen molar-refractivity contribution in [2.75, 3.05) is 5.32 Å². The second-order valence-corrected chi connectivity index (χ2v) is 5.42. The molecule has 0 aliphatic heterocycles. The summed E-state index contributed by atoms with van der Waals surface area (Å²) >= 11 is 5.09. The summed E-state index contributed by atoms with van der Waals surface area (Å²) in [4.78, 5) is 10.4. The largest absolute Gasteiger partial charge is 0.326 e. The van der Waals surface area contributed by atoms with E-state index in [1.54, 1.807) is 18.2 Å². The molecule has 7 heteroatoms. The van der Waals surface area contributed by atoms with Crippen molar-refractivity contribution in [3.63, 3.8) is 0 Å². The summed E-state index contributed by atoms with van der Waals surface area (Å²) in [7, 11) is 0. The molecule has 1 saturated carbocycles. The van der Waals surface area contributed by atoms with Gasteiger partial charge in [0, 0.05) is 12.3 Å². The zero-order valence-corrected chi connectivity index (χ0v) is 12.4. The number of hydrogen-bond acceptors (Lipinski definition) is 4. The highest BCUT2D eigenvalue weighted by Gasteiger charge is 2.13. The number of rotatable bonds is 4. The lowest BCUT2D eigenvalue weighted by Gasteiger charge is -2.16. The maximum Gasteiger partial charge on any atom is 0.292 e. The fourth-order valence-electron chi connectivity index (χ4n) is 2.37. The molecule has 0 aromatic heterocycles. The zero-order chi connectivity index (χ0) is 15.1. The number of nitro groups is 1. The molecule has 0 heterocycles. The van der Waals surface area contributed by atoms with Gasteiger partial charge in [-0.25, -0.2) is 0 Å². The number of nitrogens with zero attached hydrogens (tertiary/aromatic N) is 2. The average molecular weight is 306 g/mol. The fourth-order valence-corrected chi connectivity index (χ4v) is 2.54. The summed E-state index contributed by atoms with van der Waals surface area (Å²) in [6.07, 6.45) is 8.00. The topological polar surface area (TPSA) is 79.6 Å². The second kappa shape index (κ2) is 7.68. The Kier molecular flexibility index (Phi) is 5.62. The highest BCUT2D eigenvalue weighted by Crippen LogP contribution is 2.23. The number of nitro benzene ring substituents is 1. The number of nitrogens with one attached hydrogen (secondary N) is 2. The molecule has 1 aromatic carbocycles. The molecular formula is C14H18N4O2S. The van der Waals surface area contributed by atoms with Crippen LogP contribution in [0.25, 0.3) is 0 Å². The van der Waals surface area contributed by atoms with Crippen molar-refractivity contribution in [3.8, 4) is 0 Å². The molecule has 0 amide bonds.